The summed E-state index contributed by atoms with van der Waals surface area (Å²) < 4.78 is 10.7. The van der Waals surface area contributed by atoms with Gasteiger partial charge in [-0.2, -0.15) is 0 Å². The lowest BCUT2D eigenvalue weighted by atomic mass is 10.1. The number of nitrogens with zero attached hydrogens (tertiary/aromatic N) is 1. The molecule has 156 valence electrons. The highest BCUT2D eigenvalue weighted by atomic mass is 32.1. The molecule has 1 fully saturated rings. The Balaban J connectivity index is 1.68. The summed E-state index contributed by atoms with van der Waals surface area (Å²) in [5.41, 5.74) is 2.06. The lowest BCUT2D eigenvalue weighted by Crippen LogP contribution is -2.35. The van der Waals surface area contributed by atoms with Crippen LogP contribution in [0.3, 0.4) is 0 Å². The highest BCUT2D eigenvalue weighted by Gasteiger charge is 2.23. The predicted molar refractivity (Wildman–Crippen MR) is 116 cm³/mol. The number of carbonyl (C=O) groups is 2. The number of unbranched alkanes of at least 4 members (excludes halogenated alkanes) is 2. The third-order valence-electron chi connectivity index (χ3n) is 4.73. The Hall–Kier alpha value is -2.38. The molecule has 1 aromatic carbocycles. The maximum absolute atomic E-state index is 12.6. The Morgan fingerprint density at radius 1 is 1.17 bits per heavy atom. The fraction of sp³-hybridized carbons (Fsp3) is 0.455. The van der Waals surface area contributed by atoms with Crippen LogP contribution < -0.4 is 10.2 Å². The second-order valence-electron chi connectivity index (χ2n) is 6.93. The largest absolute Gasteiger partial charge is 0.451 e. The summed E-state index contributed by atoms with van der Waals surface area (Å²) in [6.07, 6.45) is 3.10. The molecular formula is C22H28N2O4S. The van der Waals surface area contributed by atoms with E-state index in [0.29, 0.717) is 24.6 Å². The summed E-state index contributed by atoms with van der Waals surface area (Å²) in [6.45, 7) is 5.39. The van der Waals surface area contributed by atoms with Crippen LogP contribution in [-0.2, 0) is 14.3 Å². The molecule has 7 heteroatoms. The number of amides is 1. The van der Waals surface area contributed by atoms with Gasteiger partial charge in [-0.15, -0.1) is 11.3 Å². The number of benzene rings is 1. The lowest BCUT2D eigenvalue weighted by molar-refractivity contribution is -0.124. The van der Waals surface area contributed by atoms with E-state index < -0.39 is 5.97 Å². The van der Waals surface area contributed by atoms with Crippen molar-refractivity contribution in [1.29, 1.82) is 0 Å². The average Bonchev–Trinajstić information content (AvgIpc) is 3.22. The van der Waals surface area contributed by atoms with Gasteiger partial charge in [-0.1, -0.05) is 50.1 Å². The number of esters is 1. The van der Waals surface area contributed by atoms with Gasteiger partial charge in [0.05, 0.1) is 18.2 Å². The number of hydrogen-bond acceptors (Lipinski definition) is 6. The number of rotatable bonds is 9. The normalized spacial score (nSPS) is 13.9. The Bertz CT molecular complexity index is 800. The molecular weight excluding hydrogens is 388 g/mol. The molecule has 1 N–H and O–H groups in total. The van der Waals surface area contributed by atoms with E-state index in [1.54, 1.807) is 0 Å². The van der Waals surface area contributed by atoms with E-state index >= 15 is 0 Å². The van der Waals surface area contributed by atoms with Crippen molar-refractivity contribution in [2.24, 2.45) is 0 Å². The van der Waals surface area contributed by atoms with Crippen LogP contribution in [0.15, 0.2) is 36.4 Å². The molecule has 1 aliphatic heterocycles. The first-order valence-corrected chi connectivity index (χ1v) is 11.0. The van der Waals surface area contributed by atoms with Crippen molar-refractivity contribution < 1.29 is 19.1 Å². The summed E-state index contributed by atoms with van der Waals surface area (Å²) in [6, 6.07) is 11.9. The Morgan fingerprint density at radius 3 is 2.66 bits per heavy atom. The highest BCUT2D eigenvalue weighted by molar-refractivity contribution is 7.18. The van der Waals surface area contributed by atoms with Crippen LogP contribution in [0.25, 0.3) is 11.1 Å². The van der Waals surface area contributed by atoms with Gasteiger partial charge in [0.25, 0.3) is 5.91 Å². The van der Waals surface area contributed by atoms with E-state index in [0.717, 1.165) is 48.5 Å². The molecule has 0 unspecified atom stereocenters. The number of hydrogen-bond donors (Lipinski definition) is 1. The molecule has 29 heavy (non-hydrogen) atoms. The number of anilines is 1. The van der Waals surface area contributed by atoms with Gasteiger partial charge in [-0.25, -0.2) is 4.79 Å². The monoisotopic (exact) mass is 416 g/mol. The summed E-state index contributed by atoms with van der Waals surface area (Å²) in [5, 5.41) is 3.82. The molecule has 0 saturated carbocycles. The second-order valence-corrected chi connectivity index (χ2v) is 7.96. The van der Waals surface area contributed by atoms with Crippen LogP contribution in [0.2, 0.25) is 0 Å². The molecule has 1 aliphatic rings. The highest BCUT2D eigenvalue weighted by Crippen LogP contribution is 2.39. The molecule has 1 saturated heterocycles. The standard InChI is InChI=1S/C22H28N2O4S/c1-2-3-7-10-23-20(25)16-28-22(26)19-15-18(17-8-5-4-6-9-17)21(29-19)24-11-13-27-14-12-24/h4-6,8-9,15H,2-3,7,10-14,16H2,1H3,(H,23,25). The van der Waals surface area contributed by atoms with Crippen molar-refractivity contribution >= 4 is 28.2 Å². The van der Waals surface area contributed by atoms with E-state index in [9.17, 15) is 9.59 Å². The predicted octanol–water partition coefficient (Wildman–Crippen LogP) is 3.71. The molecule has 1 aromatic heterocycles. The molecule has 2 aromatic rings. The zero-order valence-corrected chi connectivity index (χ0v) is 17.6. The SMILES string of the molecule is CCCCCNC(=O)COC(=O)c1cc(-c2ccccc2)c(N2CCOCC2)s1. The molecule has 3 rings (SSSR count). The maximum Gasteiger partial charge on any atom is 0.348 e. The average molecular weight is 417 g/mol. The summed E-state index contributed by atoms with van der Waals surface area (Å²) in [5.74, 6) is -0.724. The van der Waals surface area contributed by atoms with Gasteiger partial charge < -0.3 is 19.7 Å². The van der Waals surface area contributed by atoms with Crippen LogP contribution in [0, 0.1) is 0 Å². The Morgan fingerprint density at radius 2 is 1.93 bits per heavy atom. The van der Waals surface area contributed by atoms with Crippen LogP contribution in [0.5, 0.6) is 0 Å². The zero-order chi connectivity index (χ0) is 20.5. The van der Waals surface area contributed by atoms with E-state index in [2.05, 4.69) is 17.1 Å². The summed E-state index contributed by atoms with van der Waals surface area (Å²) in [7, 11) is 0. The first-order valence-electron chi connectivity index (χ1n) is 10.1. The third-order valence-corrected chi connectivity index (χ3v) is 5.91. The minimum Gasteiger partial charge on any atom is -0.451 e. The van der Waals surface area contributed by atoms with Crippen LogP contribution in [0.1, 0.15) is 35.9 Å². The Labute approximate surface area is 175 Å². The van der Waals surface area contributed by atoms with Crippen molar-refractivity contribution in [3.63, 3.8) is 0 Å². The van der Waals surface area contributed by atoms with Crippen molar-refractivity contribution in [3.8, 4) is 11.1 Å². The molecule has 0 spiro atoms. The second kappa shape index (κ2) is 11.0. The summed E-state index contributed by atoms with van der Waals surface area (Å²) in [4.78, 5) is 27.2. The van der Waals surface area contributed by atoms with Crippen LogP contribution in [-0.4, -0.2) is 51.3 Å². The molecule has 6 nitrogen and oxygen atoms in total. The zero-order valence-electron chi connectivity index (χ0n) is 16.8. The smallest absolute Gasteiger partial charge is 0.348 e. The van der Waals surface area contributed by atoms with Gasteiger partial charge in [0.2, 0.25) is 0 Å². The molecule has 0 radical (unpaired) electrons. The molecule has 0 bridgehead atoms. The van der Waals surface area contributed by atoms with E-state index in [4.69, 9.17) is 9.47 Å². The number of morpholine rings is 1. The van der Waals surface area contributed by atoms with E-state index in [-0.39, 0.29) is 12.5 Å². The number of ether oxygens (including phenoxy) is 2. The van der Waals surface area contributed by atoms with Crippen molar-refractivity contribution in [3.05, 3.63) is 41.3 Å². The summed E-state index contributed by atoms with van der Waals surface area (Å²) >= 11 is 1.41. The molecule has 0 aliphatic carbocycles. The quantitative estimate of drug-likeness (QED) is 0.499. The van der Waals surface area contributed by atoms with Crippen molar-refractivity contribution in [1.82, 2.24) is 5.32 Å². The topological polar surface area (TPSA) is 67.9 Å². The number of thiophene rings is 1. The van der Waals surface area contributed by atoms with Crippen LogP contribution in [0.4, 0.5) is 5.00 Å². The van der Waals surface area contributed by atoms with E-state index in [1.807, 2.05) is 36.4 Å². The van der Waals surface area contributed by atoms with Gasteiger partial charge in [0.15, 0.2) is 6.61 Å². The maximum atomic E-state index is 12.6. The van der Waals surface area contributed by atoms with E-state index in [1.165, 1.54) is 11.3 Å². The molecule has 1 amide bonds. The first kappa shape index (κ1) is 21.3. The van der Waals surface area contributed by atoms with Crippen LogP contribution >= 0.6 is 11.3 Å². The van der Waals surface area contributed by atoms with Gasteiger partial charge in [-0.3, -0.25) is 4.79 Å². The minimum atomic E-state index is -0.463. The first-order chi connectivity index (χ1) is 14.2. The van der Waals surface area contributed by atoms with Crippen molar-refractivity contribution in [2.45, 2.75) is 26.2 Å². The molecule has 2 heterocycles. The fourth-order valence-corrected chi connectivity index (χ4v) is 4.29. The van der Waals surface area contributed by atoms with Crippen molar-refractivity contribution in [2.75, 3.05) is 44.4 Å². The lowest BCUT2D eigenvalue weighted by Gasteiger charge is -2.28. The molecule has 0 atom stereocenters. The third kappa shape index (κ3) is 6.05. The van der Waals surface area contributed by atoms with Gasteiger partial charge in [0, 0.05) is 25.2 Å². The number of nitrogens with one attached hydrogen (secondary N) is 1. The fourth-order valence-electron chi connectivity index (χ4n) is 3.16. The van der Waals surface area contributed by atoms with Gasteiger partial charge in [-0.05, 0) is 18.1 Å². The van der Waals surface area contributed by atoms with Gasteiger partial charge in [0.1, 0.15) is 4.88 Å². The number of carbonyl (C=O) groups excluding carboxylic acids is 2. The minimum absolute atomic E-state index is 0.254. The van der Waals surface area contributed by atoms with Gasteiger partial charge >= 0.3 is 5.97 Å². The Kier molecular flexibility index (Phi) is 8.07.